The van der Waals surface area contributed by atoms with Crippen molar-refractivity contribution >= 4 is 0 Å². The molecule has 2 rings (SSSR count). The second kappa shape index (κ2) is 5.21. The van der Waals surface area contributed by atoms with Gasteiger partial charge in [-0.2, -0.15) is 4.80 Å². The minimum atomic E-state index is 0.569. The first-order valence-electron chi connectivity index (χ1n) is 5.85. The Kier molecular flexibility index (Phi) is 3.66. The summed E-state index contributed by atoms with van der Waals surface area (Å²) in [6, 6.07) is 0. The van der Waals surface area contributed by atoms with E-state index in [1.54, 1.807) is 4.80 Å². The fourth-order valence-corrected chi connectivity index (χ4v) is 2.22. The Balaban J connectivity index is 1.86. The van der Waals surface area contributed by atoms with Gasteiger partial charge in [0, 0.05) is 13.0 Å². The molecule has 2 N–H and O–H groups in total. The van der Waals surface area contributed by atoms with E-state index >= 15 is 0 Å². The second-order valence-electron chi connectivity index (χ2n) is 4.30. The Hall–Kier alpha value is -0.970. The summed E-state index contributed by atoms with van der Waals surface area (Å²) in [5.41, 5.74) is 5.43. The van der Waals surface area contributed by atoms with E-state index in [9.17, 15) is 0 Å². The van der Waals surface area contributed by atoms with Crippen LogP contribution in [0.4, 0.5) is 0 Å². The zero-order valence-electron chi connectivity index (χ0n) is 9.10. The summed E-state index contributed by atoms with van der Waals surface area (Å²) in [6.45, 7) is 1.23. The summed E-state index contributed by atoms with van der Waals surface area (Å²) in [5.74, 6) is 1.66. The van der Waals surface area contributed by atoms with Crippen LogP contribution in [-0.4, -0.2) is 26.8 Å². The summed E-state index contributed by atoms with van der Waals surface area (Å²) in [4.78, 5) is 1.60. The van der Waals surface area contributed by atoms with Crippen LogP contribution >= 0.6 is 0 Å². The van der Waals surface area contributed by atoms with Gasteiger partial charge in [0.05, 0.1) is 6.54 Å². The molecule has 1 heterocycles. The third-order valence-corrected chi connectivity index (χ3v) is 3.02. The highest BCUT2D eigenvalue weighted by Gasteiger charge is 2.16. The highest BCUT2D eigenvalue weighted by molar-refractivity contribution is 4.82. The van der Waals surface area contributed by atoms with Crippen molar-refractivity contribution in [3.05, 3.63) is 5.82 Å². The first kappa shape index (κ1) is 10.5. The maximum atomic E-state index is 5.43. The van der Waals surface area contributed by atoms with Crippen LogP contribution in [0, 0.1) is 5.92 Å². The smallest absolute Gasteiger partial charge is 0.175 e. The van der Waals surface area contributed by atoms with Crippen molar-refractivity contribution in [1.29, 1.82) is 0 Å². The third-order valence-electron chi connectivity index (χ3n) is 3.02. The number of hydrogen-bond donors (Lipinski definition) is 1. The summed E-state index contributed by atoms with van der Waals surface area (Å²) >= 11 is 0. The molecule has 5 nitrogen and oxygen atoms in total. The minimum absolute atomic E-state index is 0.569. The van der Waals surface area contributed by atoms with E-state index in [0.717, 1.165) is 18.2 Å². The van der Waals surface area contributed by atoms with Crippen molar-refractivity contribution in [3.8, 4) is 0 Å². The van der Waals surface area contributed by atoms with Gasteiger partial charge < -0.3 is 5.73 Å². The Morgan fingerprint density at radius 2 is 2.07 bits per heavy atom. The SMILES string of the molecule is NCCn1nnc(CC2CCCCC2)n1. The lowest BCUT2D eigenvalue weighted by Gasteiger charge is -2.19. The average molecular weight is 209 g/mol. The molecular formula is C10H19N5. The number of hydrogen-bond acceptors (Lipinski definition) is 4. The molecule has 0 unspecified atom stereocenters. The summed E-state index contributed by atoms with van der Waals surface area (Å²) in [6.07, 6.45) is 7.76. The zero-order valence-corrected chi connectivity index (χ0v) is 9.10. The molecule has 1 fully saturated rings. The second-order valence-corrected chi connectivity index (χ2v) is 4.30. The molecule has 0 saturated heterocycles. The van der Waals surface area contributed by atoms with E-state index in [0.29, 0.717) is 13.1 Å². The first-order chi connectivity index (χ1) is 7.38. The van der Waals surface area contributed by atoms with E-state index in [1.165, 1.54) is 32.1 Å². The van der Waals surface area contributed by atoms with Gasteiger partial charge in [0.1, 0.15) is 0 Å². The van der Waals surface area contributed by atoms with Crippen molar-refractivity contribution < 1.29 is 0 Å². The molecule has 5 heteroatoms. The van der Waals surface area contributed by atoms with E-state index in [2.05, 4.69) is 15.4 Å². The number of nitrogens with zero attached hydrogens (tertiary/aromatic N) is 4. The van der Waals surface area contributed by atoms with Crippen LogP contribution in [-0.2, 0) is 13.0 Å². The van der Waals surface area contributed by atoms with Gasteiger partial charge in [0.15, 0.2) is 5.82 Å². The Morgan fingerprint density at radius 1 is 1.27 bits per heavy atom. The van der Waals surface area contributed by atoms with Crippen LogP contribution in [0.3, 0.4) is 0 Å². The fourth-order valence-electron chi connectivity index (χ4n) is 2.22. The highest BCUT2D eigenvalue weighted by atomic mass is 15.6. The number of aromatic nitrogens is 4. The Labute approximate surface area is 90.0 Å². The molecule has 84 valence electrons. The fraction of sp³-hybridized carbons (Fsp3) is 0.900. The molecule has 1 aliphatic carbocycles. The molecule has 0 aromatic carbocycles. The number of tetrazole rings is 1. The molecule has 0 bridgehead atoms. The largest absolute Gasteiger partial charge is 0.329 e. The van der Waals surface area contributed by atoms with Crippen LogP contribution < -0.4 is 5.73 Å². The van der Waals surface area contributed by atoms with Gasteiger partial charge in [-0.25, -0.2) is 0 Å². The summed E-state index contributed by atoms with van der Waals surface area (Å²) < 4.78 is 0. The standard InChI is InChI=1S/C10H19N5/c11-6-7-15-13-10(12-14-15)8-9-4-2-1-3-5-9/h9H,1-8,11H2. The van der Waals surface area contributed by atoms with Crippen molar-refractivity contribution in [2.75, 3.05) is 6.54 Å². The Morgan fingerprint density at radius 3 is 2.80 bits per heavy atom. The van der Waals surface area contributed by atoms with Gasteiger partial charge in [-0.05, 0) is 11.1 Å². The minimum Gasteiger partial charge on any atom is -0.329 e. The van der Waals surface area contributed by atoms with Crippen LogP contribution in [0.15, 0.2) is 0 Å². The van der Waals surface area contributed by atoms with Crippen LogP contribution in [0.1, 0.15) is 37.9 Å². The van der Waals surface area contributed by atoms with Gasteiger partial charge in [-0.15, -0.1) is 10.2 Å². The maximum Gasteiger partial charge on any atom is 0.175 e. The summed E-state index contributed by atoms with van der Waals surface area (Å²) in [7, 11) is 0. The quantitative estimate of drug-likeness (QED) is 0.794. The van der Waals surface area contributed by atoms with Gasteiger partial charge in [0.2, 0.25) is 0 Å². The van der Waals surface area contributed by atoms with Crippen molar-refractivity contribution in [3.63, 3.8) is 0 Å². The molecule has 1 saturated carbocycles. The van der Waals surface area contributed by atoms with E-state index in [-0.39, 0.29) is 0 Å². The maximum absolute atomic E-state index is 5.43. The molecule has 1 aromatic heterocycles. The van der Waals surface area contributed by atoms with E-state index < -0.39 is 0 Å². The van der Waals surface area contributed by atoms with Crippen molar-refractivity contribution in [2.24, 2.45) is 11.7 Å². The number of nitrogens with two attached hydrogens (primary N) is 1. The lowest BCUT2D eigenvalue weighted by atomic mass is 9.87. The lowest BCUT2D eigenvalue weighted by Crippen LogP contribution is -2.13. The lowest BCUT2D eigenvalue weighted by molar-refractivity contribution is 0.351. The van der Waals surface area contributed by atoms with Gasteiger partial charge >= 0.3 is 0 Å². The molecule has 0 radical (unpaired) electrons. The monoisotopic (exact) mass is 209 g/mol. The van der Waals surface area contributed by atoms with E-state index in [4.69, 9.17) is 5.73 Å². The molecule has 1 aliphatic rings. The molecule has 0 aliphatic heterocycles. The van der Waals surface area contributed by atoms with Gasteiger partial charge in [0.25, 0.3) is 0 Å². The molecule has 1 aromatic rings. The van der Waals surface area contributed by atoms with Gasteiger partial charge in [-0.3, -0.25) is 0 Å². The van der Waals surface area contributed by atoms with Crippen LogP contribution in [0.25, 0.3) is 0 Å². The van der Waals surface area contributed by atoms with Crippen molar-refractivity contribution in [2.45, 2.75) is 45.1 Å². The molecule has 0 atom stereocenters. The Bertz CT molecular complexity index is 290. The topological polar surface area (TPSA) is 69.6 Å². The van der Waals surface area contributed by atoms with Crippen molar-refractivity contribution in [1.82, 2.24) is 20.2 Å². The molecule has 15 heavy (non-hydrogen) atoms. The van der Waals surface area contributed by atoms with Crippen LogP contribution in [0.2, 0.25) is 0 Å². The molecule has 0 amide bonds. The normalized spacial score (nSPS) is 18.2. The predicted molar refractivity (Wildman–Crippen MR) is 57.2 cm³/mol. The first-order valence-corrected chi connectivity index (χ1v) is 5.85. The zero-order chi connectivity index (χ0) is 10.5. The average Bonchev–Trinajstić information content (AvgIpc) is 2.68. The molecular weight excluding hydrogens is 190 g/mol. The highest BCUT2D eigenvalue weighted by Crippen LogP contribution is 2.25. The van der Waals surface area contributed by atoms with Gasteiger partial charge in [-0.1, -0.05) is 32.1 Å². The predicted octanol–water partition coefficient (Wildman–Crippen LogP) is 0.755. The molecule has 0 spiro atoms. The summed E-state index contributed by atoms with van der Waals surface area (Å²) in [5, 5.41) is 12.3. The third kappa shape index (κ3) is 2.99. The van der Waals surface area contributed by atoms with Crippen LogP contribution in [0.5, 0.6) is 0 Å². The number of rotatable bonds is 4. The van der Waals surface area contributed by atoms with E-state index in [1.807, 2.05) is 0 Å².